The summed E-state index contributed by atoms with van der Waals surface area (Å²) in [5.74, 6) is -2.60. The van der Waals surface area contributed by atoms with Crippen LogP contribution in [-0.4, -0.2) is 12.1 Å². The van der Waals surface area contributed by atoms with Crippen molar-refractivity contribution in [3.63, 3.8) is 0 Å². The van der Waals surface area contributed by atoms with Crippen LogP contribution in [0.2, 0.25) is 0 Å². The maximum absolute atomic E-state index is 11.8. The van der Waals surface area contributed by atoms with E-state index >= 15 is 0 Å². The Balaban J connectivity index is 3.24. The lowest BCUT2D eigenvalue weighted by Gasteiger charge is -2.05. The van der Waals surface area contributed by atoms with E-state index in [1.54, 1.807) is 0 Å². The minimum atomic E-state index is -2.60. The van der Waals surface area contributed by atoms with E-state index in [0.29, 0.717) is 0 Å². The lowest BCUT2D eigenvalue weighted by molar-refractivity contribution is 0.0153. The van der Waals surface area contributed by atoms with Gasteiger partial charge in [-0.25, -0.2) is 8.78 Å². The predicted octanol–water partition coefficient (Wildman–Crippen LogP) is 2.07. The second-order valence-corrected chi connectivity index (χ2v) is 1.81. The maximum Gasteiger partial charge on any atom is 0.245 e. The minimum absolute atomic E-state index is 0.170. The van der Waals surface area contributed by atoms with Crippen molar-refractivity contribution in [2.75, 3.05) is 0 Å². The molecule has 0 radical (unpaired) electrons. The molecule has 0 aromatic rings. The first-order valence-corrected chi connectivity index (χ1v) is 2.43. The quantitative estimate of drug-likeness (QED) is 0.553. The highest BCUT2D eigenvalue weighted by Gasteiger charge is 2.18. The lowest BCUT2D eigenvalue weighted by atomic mass is 10.2. The molecule has 0 spiro atoms. The fourth-order valence-corrected chi connectivity index (χ4v) is 0.326. The Morgan fingerprint density at radius 2 is 2.12 bits per heavy atom. The van der Waals surface area contributed by atoms with Gasteiger partial charge in [0.2, 0.25) is 5.92 Å². The highest BCUT2D eigenvalue weighted by atomic mass is 19.3. The average molecular weight is 121 g/mol. The molecule has 0 aromatic carbocycles. The summed E-state index contributed by atoms with van der Waals surface area (Å²) in [5, 5.41) is 6.42. The van der Waals surface area contributed by atoms with Gasteiger partial charge in [0, 0.05) is 6.42 Å². The van der Waals surface area contributed by atoms with Crippen LogP contribution in [0.4, 0.5) is 8.78 Å². The molecule has 0 bridgehead atoms. The fourth-order valence-electron chi connectivity index (χ4n) is 0.326. The van der Waals surface area contributed by atoms with Crippen molar-refractivity contribution in [1.29, 1.82) is 5.41 Å². The van der Waals surface area contributed by atoms with Gasteiger partial charge in [-0.3, -0.25) is 0 Å². The standard InChI is InChI=1S/C5H9F2N/c1-5(6,7)3-2-4-8/h4,8H,2-3H2,1H3. The largest absolute Gasteiger partial charge is 0.313 e. The average Bonchev–Trinajstić information content (AvgIpc) is 1.59. The van der Waals surface area contributed by atoms with E-state index in [0.717, 1.165) is 13.1 Å². The molecule has 0 aliphatic heterocycles. The van der Waals surface area contributed by atoms with Crippen LogP contribution in [0, 0.1) is 5.41 Å². The Morgan fingerprint density at radius 3 is 2.25 bits per heavy atom. The van der Waals surface area contributed by atoms with Gasteiger partial charge in [0.15, 0.2) is 0 Å². The molecule has 0 saturated carbocycles. The molecular weight excluding hydrogens is 112 g/mol. The first-order chi connectivity index (χ1) is 3.56. The van der Waals surface area contributed by atoms with E-state index in [9.17, 15) is 8.78 Å². The summed E-state index contributed by atoms with van der Waals surface area (Å²) in [7, 11) is 0. The molecule has 0 aliphatic rings. The molecule has 1 N–H and O–H groups in total. The van der Waals surface area contributed by atoms with Crippen molar-refractivity contribution in [2.24, 2.45) is 0 Å². The van der Waals surface area contributed by atoms with E-state index in [4.69, 9.17) is 5.41 Å². The van der Waals surface area contributed by atoms with Crippen LogP contribution in [0.5, 0.6) is 0 Å². The van der Waals surface area contributed by atoms with Crippen LogP contribution in [0.3, 0.4) is 0 Å². The van der Waals surface area contributed by atoms with Gasteiger partial charge in [-0.2, -0.15) is 0 Å². The Kier molecular flexibility index (Phi) is 2.58. The van der Waals surface area contributed by atoms with E-state index in [2.05, 4.69) is 0 Å². The third-order valence-corrected chi connectivity index (χ3v) is 0.728. The molecule has 0 aliphatic carbocycles. The first kappa shape index (κ1) is 7.53. The summed E-state index contributed by atoms with van der Waals surface area (Å²) >= 11 is 0. The van der Waals surface area contributed by atoms with Crippen LogP contribution in [0.15, 0.2) is 0 Å². The molecule has 3 heteroatoms. The SMILES string of the molecule is CC(F)(F)CCC=N. The van der Waals surface area contributed by atoms with Gasteiger partial charge in [0.05, 0.1) is 0 Å². The number of nitrogens with one attached hydrogen (secondary N) is 1. The predicted molar refractivity (Wildman–Crippen MR) is 28.6 cm³/mol. The van der Waals surface area contributed by atoms with Gasteiger partial charge in [0.1, 0.15) is 0 Å². The summed E-state index contributed by atoms with van der Waals surface area (Å²) in [6.07, 6.45) is 0.956. The molecule has 0 amide bonds. The van der Waals surface area contributed by atoms with E-state index in [1.807, 2.05) is 0 Å². The second-order valence-electron chi connectivity index (χ2n) is 1.81. The van der Waals surface area contributed by atoms with Crippen molar-refractivity contribution in [2.45, 2.75) is 25.7 Å². The van der Waals surface area contributed by atoms with Gasteiger partial charge >= 0.3 is 0 Å². The van der Waals surface area contributed by atoms with Crippen molar-refractivity contribution in [3.05, 3.63) is 0 Å². The van der Waals surface area contributed by atoms with Gasteiger partial charge in [-0.1, -0.05) is 0 Å². The van der Waals surface area contributed by atoms with Gasteiger partial charge in [-0.05, 0) is 19.6 Å². The topological polar surface area (TPSA) is 23.9 Å². The highest BCUT2D eigenvalue weighted by Crippen LogP contribution is 2.17. The fraction of sp³-hybridized carbons (Fsp3) is 0.800. The van der Waals surface area contributed by atoms with Crippen LogP contribution >= 0.6 is 0 Å². The smallest absolute Gasteiger partial charge is 0.245 e. The zero-order valence-electron chi connectivity index (χ0n) is 4.75. The third kappa shape index (κ3) is 5.53. The second kappa shape index (κ2) is 2.74. The first-order valence-electron chi connectivity index (χ1n) is 2.43. The van der Waals surface area contributed by atoms with Crippen LogP contribution in [0.1, 0.15) is 19.8 Å². The molecule has 0 unspecified atom stereocenters. The van der Waals surface area contributed by atoms with E-state index in [1.165, 1.54) is 0 Å². The summed E-state index contributed by atoms with van der Waals surface area (Å²) in [4.78, 5) is 0. The van der Waals surface area contributed by atoms with Gasteiger partial charge in [0.25, 0.3) is 0 Å². The zero-order chi connectivity index (χ0) is 6.62. The summed E-state index contributed by atoms with van der Waals surface area (Å²) in [5.41, 5.74) is 0. The van der Waals surface area contributed by atoms with Crippen molar-refractivity contribution < 1.29 is 8.78 Å². The van der Waals surface area contributed by atoms with Crippen molar-refractivity contribution >= 4 is 6.21 Å². The maximum atomic E-state index is 11.8. The van der Waals surface area contributed by atoms with E-state index < -0.39 is 5.92 Å². The van der Waals surface area contributed by atoms with Crippen LogP contribution in [-0.2, 0) is 0 Å². The molecule has 8 heavy (non-hydrogen) atoms. The number of rotatable bonds is 3. The Labute approximate surface area is 47.2 Å². The van der Waals surface area contributed by atoms with Crippen LogP contribution in [0.25, 0.3) is 0 Å². The summed E-state index contributed by atoms with van der Waals surface area (Å²) in [6, 6.07) is 0. The van der Waals surface area contributed by atoms with E-state index in [-0.39, 0.29) is 12.8 Å². The molecule has 0 atom stereocenters. The molecule has 0 fully saturated rings. The van der Waals surface area contributed by atoms with Crippen LogP contribution < -0.4 is 0 Å². The molecule has 0 aromatic heterocycles. The van der Waals surface area contributed by atoms with Crippen molar-refractivity contribution in [3.8, 4) is 0 Å². The lowest BCUT2D eigenvalue weighted by Crippen LogP contribution is -2.08. The molecule has 0 heterocycles. The minimum Gasteiger partial charge on any atom is -0.313 e. The summed E-state index contributed by atoms with van der Waals surface area (Å²) in [6.45, 7) is 0.858. The Morgan fingerprint density at radius 1 is 1.62 bits per heavy atom. The molecule has 0 rings (SSSR count). The highest BCUT2D eigenvalue weighted by molar-refractivity contribution is 5.52. The monoisotopic (exact) mass is 121 g/mol. The van der Waals surface area contributed by atoms with Gasteiger partial charge in [-0.15, -0.1) is 0 Å². The normalized spacial score (nSPS) is 11.4. The number of hydrogen-bond donors (Lipinski definition) is 1. The molecule has 48 valence electrons. The molecule has 0 saturated heterocycles. The van der Waals surface area contributed by atoms with Crippen molar-refractivity contribution in [1.82, 2.24) is 0 Å². The van der Waals surface area contributed by atoms with Gasteiger partial charge < -0.3 is 5.41 Å². The number of alkyl halides is 2. The Bertz CT molecular complexity index is 75.0. The Hall–Kier alpha value is -0.470. The summed E-state index contributed by atoms with van der Waals surface area (Å²) < 4.78 is 23.6. The molecule has 1 nitrogen and oxygen atoms in total. The third-order valence-electron chi connectivity index (χ3n) is 0.728. The number of halogens is 2. The molecular formula is C5H9F2N. The zero-order valence-corrected chi connectivity index (χ0v) is 4.75. The number of hydrogen-bond acceptors (Lipinski definition) is 1.